The summed E-state index contributed by atoms with van der Waals surface area (Å²) in [4.78, 5) is 4.88. The summed E-state index contributed by atoms with van der Waals surface area (Å²) < 4.78 is 0. The zero-order chi connectivity index (χ0) is 17.1. The minimum atomic E-state index is 0.839. The molecule has 0 radical (unpaired) electrons. The van der Waals surface area contributed by atoms with Crippen LogP contribution in [0.1, 0.15) is 5.56 Å². The van der Waals surface area contributed by atoms with Crippen molar-refractivity contribution in [2.75, 3.05) is 43.4 Å². The predicted octanol–water partition coefficient (Wildman–Crippen LogP) is 4.20. The van der Waals surface area contributed by atoms with Crippen molar-refractivity contribution in [1.29, 1.82) is 0 Å². The molecule has 1 aliphatic heterocycles. The first kappa shape index (κ1) is 16.0. The summed E-state index contributed by atoms with van der Waals surface area (Å²) in [6, 6.07) is 23.8. The first-order valence-corrected chi connectivity index (χ1v) is 9.04. The van der Waals surface area contributed by atoms with Crippen molar-refractivity contribution in [2.24, 2.45) is 0 Å². The second-order valence-corrected chi connectivity index (χ2v) is 6.80. The van der Waals surface area contributed by atoms with Gasteiger partial charge in [0.15, 0.2) is 0 Å². The fourth-order valence-corrected chi connectivity index (χ4v) is 3.58. The molecule has 1 N–H and O–H groups in total. The highest BCUT2D eigenvalue weighted by molar-refractivity contribution is 5.86. The normalized spacial score (nSPS) is 15.5. The van der Waals surface area contributed by atoms with Crippen LogP contribution in [0.25, 0.3) is 10.8 Å². The summed E-state index contributed by atoms with van der Waals surface area (Å²) in [5.41, 5.74) is 3.88. The minimum absolute atomic E-state index is 0.839. The Labute approximate surface area is 149 Å². The number of fused-ring (bicyclic) bond motifs is 1. The van der Waals surface area contributed by atoms with Crippen molar-refractivity contribution in [2.45, 2.75) is 6.54 Å². The van der Waals surface area contributed by atoms with Crippen LogP contribution in [0, 0.1) is 0 Å². The highest BCUT2D eigenvalue weighted by Gasteiger charge is 2.16. The van der Waals surface area contributed by atoms with Gasteiger partial charge in [-0.25, -0.2) is 0 Å². The zero-order valence-corrected chi connectivity index (χ0v) is 14.8. The SMILES string of the molecule is CN1CCN(c2ccccc2NCc2cccc3ccccc23)CC1. The van der Waals surface area contributed by atoms with Crippen molar-refractivity contribution in [3.8, 4) is 0 Å². The molecule has 0 aliphatic carbocycles. The van der Waals surface area contributed by atoms with Crippen molar-refractivity contribution >= 4 is 22.1 Å². The summed E-state index contributed by atoms with van der Waals surface area (Å²) >= 11 is 0. The van der Waals surface area contributed by atoms with Crippen molar-refractivity contribution in [3.63, 3.8) is 0 Å². The van der Waals surface area contributed by atoms with Crippen LogP contribution in [-0.4, -0.2) is 38.1 Å². The second-order valence-electron chi connectivity index (χ2n) is 6.80. The molecule has 0 saturated carbocycles. The quantitative estimate of drug-likeness (QED) is 0.773. The molecular weight excluding hydrogens is 306 g/mol. The van der Waals surface area contributed by atoms with Gasteiger partial charge in [-0.1, -0.05) is 54.6 Å². The molecule has 3 nitrogen and oxygen atoms in total. The van der Waals surface area contributed by atoms with E-state index in [2.05, 4.69) is 88.9 Å². The molecule has 0 aromatic heterocycles. The molecule has 1 fully saturated rings. The Hall–Kier alpha value is -2.52. The van der Waals surface area contributed by atoms with E-state index in [0.29, 0.717) is 0 Å². The molecule has 1 heterocycles. The van der Waals surface area contributed by atoms with Gasteiger partial charge in [-0.2, -0.15) is 0 Å². The van der Waals surface area contributed by atoms with Gasteiger partial charge in [0.1, 0.15) is 0 Å². The highest BCUT2D eigenvalue weighted by atomic mass is 15.3. The third kappa shape index (κ3) is 3.47. The van der Waals surface area contributed by atoms with Gasteiger partial charge in [0.25, 0.3) is 0 Å². The van der Waals surface area contributed by atoms with Crippen molar-refractivity contribution in [3.05, 3.63) is 72.3 Å². The molecule has 0 amide bonds. The smallest absolute Gasteiger partial charge is 0.0602 e. The van der Waals surface area contributed by atoms with Crippen LogP contribution in [0.3, 0.4) is 0 Å². The van der Waals surface area contributed by atoms with Crippen LogP contribution in [0.2, 0.25) is 0 Å². The van der Waals surface area contributed by atoms with E-state index in [9.17, 15) is 0 Å². The van der Waals surface area contributed by atoms with Gasteiger partial charge < -0.3 is 15.1 Å². The lowest BCUT2D eigenvalue weighted by Gasteiger charge is -2.35. The van der Waals surface area contributed by atoms with Gasteiger partial charge in [-0.3, -0.25) is 0 Å². The van der Waals surface area contributed by atoms with Gasteiger partial charge >= 0.3 is 0 Å². The zero-order valence-electron chi connectivity index (χ0n) is 14.8. The monoisotopic (exact) mass is 331 g/mol. The molecule has 1 aliphatic rings. The number of para-hydroxylation sites is 2. The van der Waals surface area contributed by atoms with Crippen molar-refractivity contribution < 1.29 is 0 Å². The Balaban J connectivity index is 1.55. The van der Waals surface area contributed by atoms with E-state index < -0.39 is 0 Å². The Morgan fingerprint density at radius 3 is 2.40 bits per heavy atom. The second kappa shape index (κ2) is 7.16. The number of piperazine rings is 1. The maximum absolute atomic E-state index is 3.67. The maximum atomic E-state index is 3.67. The Morgan fingerprint density at radius 1 is 0.800 bits per heavy atom. The van der Waals surface area contributed by atoms with Gasteiger partial charge in [0.2, 0.25) is 0 Å². The molecule has 0 unspecified atom stereocenters. The minimum Gasteiger partial charge on any atom is -0.379 e. The topological polar surface area (TPSA) is 18.5 Å². The first-order valence-electron chi connectivity index (χ1n) is 9.04. The largest absolute Gasteiger partial charge is 0.379 e. The number of likely N-dealkylation sites (N-methyl/N-ethyl adjacent to an activating group) is 1. The molecule has 4 rings (SSSR count). The Kier molecular flexibility index (Phi) is 4.57. The fourth-order valence-electron chi connectivity index (χ4n) is 3.58. The maximum Gasteiger partial charge on any atom is 0.0602 e. The van der Waals surface area contributed by atoms with Crippen LogP contribution in [0.15, 0.2) is 66.7 Å². The lowest BCUT2D eigenvalue weighted by Crippen LogP contribution is -2.44. The van der Waals surface area contributed by atoms with E-state index in [1.165, 1.54) is 27.7 Å². The third-order valence-corrected chi connectivity index (χ3v) is 5.10. The Bertz CT molecular complexity index is 845. The lowest BCUT2D eigenvalue weighted by molar-refractivity contribution is 0.313. The third-order valence-electron chi connectivity index (χ3n) is 5.10. The van der Waals surface area contributed by atoms with E-state index in [1.807, 2.05) is 0 Å². The van der Waals surface area contributed by atoms with Crippen molar-refractivity contribution in [1.82, 2.24) is 4.90 Å². The molecular formula is C22H25N3. The average Bonchev–Trinajstić information content (AvgIpc) is 2.67. The highest BCUT2D eigenvalue weighted by Crippen LogP contribution is 2.28. The number of hydrogen-bond donors (Lipinski definition) is 1. The summed E-state index contributed by atoms with van der Waals surface area (Å²) in [5.74, 6) is 0. The molecule has 0 spiro atoms. The lowest BCUT2D eigenvalue weighted by atomic mass is 10.0. The molecule has 3 aromatic rings. The number of nitrogens with one attached hydrogen (secondary N) is 1. The molecule has 0 atom stereocenters. The summed E-state index contributed by atoms with van der Waals surface area (Å²) in [5, 5.41) is 6.30. The summed E-state index contributed by atoms with van der Waals surface area (Å²) in [6.45, 7) is 5.26. The van der Waals surface area contributed by atoms with Crippen LogP contribution < -0.4 is 10.2 Å². The van der Waals surface area contributed by atoms with Crippen LogP contribution in [0.4, 0.5) is 11.4 Å². The fraction of sp³-hybridized carbons (Fsp3) is 0.273. The molecule has 3 aromatic carbocycles. The van der Waals surface area contributed by atoms with Gasteiger partial charge in [0.05, 0.1) is 11.4 Å². The summed E-state index contributed by atoms with van der Waals surface area (Å²) in [7, 11) is 2.20. The van der Waals surface area contributed by atoms with E-state index in [1.54, 1.807) is 0 Å². The van der Waals surface area contributed by atoms with E-state index in [4.69, 9.17) is 0 Å². The molecule has 1 saturated heterocycles. The number of benzene rings is 3. The van der Waals surface area contributed by atoms with E-state index >= 15 is 0 Å². The summed E-state index contributed by atoms with van der Waals surface area (Å²) in [6.07, 6.45) is 0. The number of hydrogen-bond acceptors (Lipinski definition) is 3. The molecule has 0 bridgehead atoms. The molecule has 25 heavy (non-hydrogen) atoms. The Morgan fingerprint density at radius 2 is 1.52 bits per heavy atom. The van der Waals surface area contributed by atoms with Gasteiger partial charge in [0, 0.05) is 32.7 Å². The number of nitrogens with zero attached hydrogens (tertiary/aromatic N) is 2. The van der Waals surface area contributed by atoms with E-state index in [-0.39, 0.29) is 0 Å². The number of rotatable bonds is 4. The van der Waals surface area contributed by atoms with Crippen LogP contribution >= 0.6 is 0 Å². The molecule has 128 valence electrons. The standard InChI is InChI=1S/C22H25N3/c1-24-13-15-25(16-14-24)22-12-5-4-11-21(22)23-17-19-9-6-8-18-7-2-3-10-20(18)19/h2-12,23H,13-17H2,1H3. The van der Waals surface area contributed by atoms with Crippen LogP contribution in [-0.2, 0) is 6.54 Å². The van der Waals surface area contributed by atoms with Gasteiger partial charge in [-0.15, -0.1) is 0 Å². The van der Waals surface area contributed by atoms with Gasteiger partial charge in [-0.05, 0) is 35.5 Å². The number of anilines is 2. The first-order chi connectivity index (χ1) is 12.3. The average molecular weight is 331 g/mol. The van der Waals surface area contributed by atoms with Crippen LogP contribution in [0.5, 0.6) is 0 Å². The van der Waals surface area contributed by atoms with E-state index in [0.717, 1.165) is 32.7 Å². The predicted molar refractivity (Wildman–Crippen MR) is 107 cm³/mol. The molecule has 3 heteroatoms.